The molecule has 2 N–H and O–H groups in total. The van der Waals surface area contributed by atoms with Crippen LogP contribution in [0.15, 0.2) is 24.3 Å². The number of carboxylic acid groups (broad SMARTS) is 1. The third-order valence-corrected chi connectivity index (χ3v) is 4.37. The van der Waals surface area contributed by atoms with Crippen LogP contribution in [0, 0.1) is 5.92 Å². The maximum Gasteiger partial charge on any atom is 0.336 e. The molecule has 1 aromatic carbocycles. The number of hydrogen-bond donors (Lipinski definition) is 2. The molecule has 2 rings (SSSR count). The first-order valence-electron chi connectivity index (χ1n) is 7.75. The average molecular weight is 275 g/mol. The lowest BCUT2D eigenvalue weighted by Gasteiger charge is -2.29. The molecule has 0 saturated heterocycles. The molecular formula is C17H25NO2. The summed E-state index contributed by atoms with van der Waals surface area (Å²) in [6.07, 6.45) is 7.71. The van der Waals surface area contributed by atoms with Crippen LogP contribution in [0.3, 0.4) is 0 Å². The molecule has 0 aliphatic heterocycles. The summed E-state index contributed by atoms with van der Waals surface area (Å²) in [5, 5.41) is 12.7. The number of carbonyl (C=O) groups is 1. The lowest BCUT2D eigenvalue weighted by atomic mass is 9.83. The van der Waals surface area contributed by atoms with Gasteiger partial charge in [-0.3, -0.25) is 0 Å². The van der Waals surface area contributed by atoms with E-state index in [-0.39, 0.29) is 0 Å². The van der Waals surface area contributed by atoms with Gasteiger partial charge in [-0.2, -0.15) is 0 Å². The van der Waals surface area contributed by atoms with Gasteiger partial charge in [0.05, 0.1) is 5.56 Å². The molecule has 1 saturated carbocycles. The van der Waals surface area contributed by atoms with Gasteiger partial charge in [0.1, 0.15) is 0 Å². The molecule has 1 fully saturated rings. The minimum absolute atomic E-state index is 0.416. The van der Waals surface area contributed by atoms with Gasteiger partial charge in [-0.15, -0.1) is 0 Å². The highest BCUT2D eigenvalue weighted by Crippen LogP contribution is 2.27. The van der Waals surface area contributed by atoms with E-state index in [1.807, 2.05) is 12.1 Å². The summed E-state index contributed by atoms with van der Waals surface area (Å²) in [5.41, 5.74) is 1.30. The van der Waals surface area contributed by atoms with Gasteiger partial charge in [-0.1, -0.05) is 38.0 Å². The third kappa shape index (κ3) is 4.07. The zero-order valence-corrected chi connectivity index (χ0v) is 12.3. The van der Waals surface area contributed by atoms with Crippen LogP contribution in [0.5, 0.6) is 0 Å². The van der Waals surface area contributed by atoms with Crippen molar-refractivity contribution in [2.45, 2.75) is 58.0 Å². The van der Waals surface area contributed by atoms with Crippen LogP contribution in [-0.2, 0) is 6.54 Å². The number of nitrogens with one attached hydrogen (secondary N) is 1. The van der Waals surface area contributed by atoms with E-state index >= 15 is 0 Å². The van der Waals surface area contributed by atoms with Crippen molar-refractivity contribution in [1.29, 1.82) is 0 Å². The fourth-order valence-corrected chi connectivity index (χ4v) is 3.20. The SMILES string of the molecule is CCCC1CCC(NCc2ccccc2C(=O)O)CC1. The Bertz CT molecular complexity index is 436. The van der Waals surface area contributed by atoms with Crippen molar-refractivity contribution in [2.24, 2.45) is 5.92 Å². The molecule has 0 heterocycles. The van der Waals surface area contributed by atoms with Gasteiger partial charge < -0.3 is 10.4 Å². The van der Waals surface area contributed by atoms with E-state index in [1.165, 1.54) is 38.5 Å². The van der Waals surface area contributed by atoms with E-state index in [4.69, 9.17) is 5.11 Å². The van der Waals surface area contributed by atoms with Crippen LogP contribution < -0.4 is 5.32 Å². The van der Waals surface area contributed by atoms with E-state index < -0.39 is 5.97 Å². The zero-order chi connectivity index (χ0) is 14.4. The zero-order valence-electron chi connectivity index (χ0n) is 12.3. The van der Waals surface area contributed by atoms with Crippen LogP contribution in [0.25, 0.3) is 0 Å². The molecule has 110 valence electrons. The van der Waals surface area contributed by atoms with Crippen molar-refractivity contribution in [1.82, 2.24) is 5.32 Å². The van der Waals surface area contributed by atoms with Crippen molar-refractivity contribution in [3.8, 4) is 0 Å². The Balaban J connectivity index is 1.83. The van der Waals surface area contributed by atoms with Gasteiger partial charge >= 0.3 is 5.97 Å². The molecule has 0 bridgehead atoms. The Morgan fingerprint density at radius 1 is 1.25 bits per heavy atom. The molecule has 0 spiro atoms. The molecule has 3 heteroatoms. The lowest BCUT2D eigenvalue weighted by molar-refractivity contribution is 0.0695. The van der Waals surface area contributed by atoms with Crippen molar-refractivity contribution in [3.63, 3.8) is 0 Å². The summed E-state index contributed by atoms with van der Waals surface area (Å²) in [5.74, 6) is 0.0680. The van der Waals surface area contributed by atoms with Crippen LogP contribution in [0.4, 0.5) is 0 Å². The molecule has 20 heavy (non-hydrogen) atoms. The first kappa shape index (κ1) is 15.0. The monoisotopic (exact) mass is 275 g/mol. The smallest absolute Gasteiger partial charge is 0.336 e. The highest BCUT2D eigenvalue weighted by molar-refractivity contribution is 5.89. The maximum absolute atomic E-state index is 11.2. The second-order valence-corrected chi connectivity index (χ2v) is 5.85. The predicted octanol–water partition coefficient (Wildman–Crippen LogP) is 3.83. The van der Waals surface area contributed by atoms with E-state index in [2.05, 4.69) is 12.2 Å². The molecule has 1 aromatic rings. The number of benzene rings is 1. The van der Waals surface area contributed by atoms with Gasteiger partial charge in [-0.25, -0.2) is 4.79 Å². The molecular weight excluding hydrogens is 250 g/mol. The first-order valence-corrected chi connectivity index (χ1v) is 7.75. The predicted molar refractivity (Wildman–Crippen MR) is 80.9 cm³/mol. The van der Waals surface area contributed by atoms with E-state index in [0.717, 1.165) is 11.5 Å². The van der Waals surface area contributed by atoms with Crippen LogP contribution >= 0.6 is 0 Å². The van der Waals surface area contributed by atoms with Gasteiger partial charge in [-0.05, 0) is 43.2 Å². The molecule has 0 unspecified atom stereocenters. The van der Waals surface area contributed by atoms with Crippen LogP contribution in [0.1, 0.15) is 61.4 Å². The third-order valence-electron chi connectivity index (χ3n) is 4.37. The van der Waals surface area contributed by atoms with Gasteiger partial charge in [0.2, 0.25) is 0 Å². The highest BCUT2D eigenvalue weighted by atomic mass is 16.4. The number of aromatic carboxylic acids is 1. The number of carboxylic acids is 1. The molecule has 0 amide bonds. The molecule has 0 atom stereocenters. The largest absolute Gasteiger partial charge is 0.478 e. The molecule has 0 aromatic heterocycles. The molecule has 3 nitrogen and oxygen atoms in total. The normalized spacial score (nSPS) is 22.6. The Kier molecular flexibility index (Phi) is 5.60. The summed E-state index contributed by atoms with van der Waals surface area (Å²) >= 11 is 0. The fraction of sp³-hybridized carbons (Fsp3) is 0.588. The topological polar surface area (TPSA) is 49.3 Å². The van der Waals surface area contributed by atoms with Crippen molar-refractivity contribution >= 4 is 5.97 Å². The summed E-state index contributed by atoms with van der Waals surface area (Å²) in [6, 6.07) is 7.81. The molecule has 1 aliphatic rings. The fourth-order valence-electron chi connectivity index (χ4n) is 3.20. The van der Waals surface area contributed by atoms with Gasteiger partial charge in [0.15, 0.2) is 0 Å². The second-order valence-electron chi connectivity index (χ2n) is 5.85. The summed E-state index contributed by atoms with van der Waals surface area (Å²) in [6.45, 7) is 2.92. The van der Waals surface area contributed by atoms with E-state index in [1.54, 1.807) is 12.1 Å². The lowest BCUT2D eigenvalue weighted by Crippen LogP contribution is -2.33. The maximum atomic E-state index is 11.2. The van der Waals surface area contributed by atoms with Crippen LogP contribution in [-0.4, -0.2) is 17.1 Å². The van der Waals surface area contributed by atoms with Gasteiger partial charge in [0, 0.05) is 12.6 Å². The summed E-state index contributed by atoms with van der Waals surface area (Å²) in [7, 11) is 0. The Hall–Kier alpha value is -1.35. The molecule has 1 aliphatic carbocycles. The van der Waals surface area contributed by atoms with Crippen molar-refractivity contribution < 1.29 is 9.90 Å². The Labute approximate surface area is 121 Å². The van der Waals surface area contributed by atoms with Gasteiger partial charge in [0.25, 0.3) is 0 Å². The summed E-state index contributed by atoms with van der Waals surface area (Å²) < 4.78 is 0. The second kappa shape index (κ2) is 7.44. The molecule has 0 radical (unpaired) electrons. The summed E-state index contributed by atoms with van der Waals surface area (Å²) in [4.78, 5) is 11.2. The number of rotatable bonds is 6. The van der Waals surface area contributed by atoms with Crippen LogP contribution in [0.2, 0.25) is 0 Å². The Morgan fingerprint density at radius 2 is 1.95 bits per heavy atom. The van der Waals surface area contributed by atoms with E-state index in [0.29, 0.717) is 18.2 Å². The minimum Gasteiger partial charge on any atom is -0.478 e. The van der Waals surface area contributed by atoms with E-state index in [9.17, 15) is 4.79 Å². The number of hydrogen-bond acceptors (Lipinski definition) is 2. The average Bonchev–Trinajstić information content (AvgIpc) is 2.47. The minimum atomic E-state index is -0.839. The standard InChI is InChI=1S/C17H25NO2/c1-2-5-13-8-10-15(11-9-13)18-12-14-6-3-4-7-16(14)17(19)20/h3-4,6-7,13,15,18H,2,5,8-12H2,1H3,(H,19,20). The highest BCUT2D eigenvalue weighted by Gasteiger charge is 2.20. The first-order chi connectivity index (χ1) is 9.70. The quantitative estimate of drug-likeness (QED) is 0.829. The van der Waals surface area contributed by atoms with Crippen molar-refractivity contribution in [2.75, 3.05) is 0 Å². The Morgan fingerprint density at radius 3 is 2.60 bits per heavy atom. The van der Waals surface area contributed by atoms with Crippen molar-refractivity contribution in [3.05, 3.63) is 35.4 Å².